The van der Waals surface area contributed by atoms with Crippen molar-refractivity contribution in [2.45, 2.75) is 13.0 Å². The van der Waals surface area contributed by atoms with Gasteiger partial charge in [0.05, 0.1) is 11.7 Å². The number of halogens is 1. The molecule has 0 spiro atoms. The van der Waals surface area contributed by atoms with Gasteiger partial charge < -0.3 is 16.2 Å². The Labute approximate surface area is 87.3 Å². The Kier molecular flexibility index (Phi) is 3.62. The SMILES string of the molecule is CNCC(O)c1c(N)nc(C)nc1Cl. The maximum atomic E-state index is 9.67. The largest absolute Gasteiger partial charge is 0.387 e. The number of aromatic nitrogens is 2. The number of hydrogen-bond acceptors (Lipinski definition) is 5. The van der Waals surface area contributed by atoms with E-state index in [1.807, 2.05) is 0 Å². The van der Waals surface area contributed by atoms with Crippen LogP contribution in [-0.4, -0.2) is 28.7 Å². The van der Waals surface area contributed by atoms with Crippen LogP contribution in [0.15, 0.2) is 0 Å². The molecule has 1 aromatic rings. The summed E-state index contributed by atoms with van der Waals surface area (Å²) in [5, 5.41) is 12.7. The van der Waals surface area contributed by atoms with Gasteiger partial charge in [0.1, 0.15) is 16.8 Å². The standard InChI is InChI=1S/C8H13ClN4O/c1-4-12-7(9)6(8(10)13-4)5(14)3-11-2/h5,11,14H,3H2,1-2H3,(H2,10,12,13). The van der Waals surface area contributed by atoms with Gasteiger partial charge in [0.2, 0.25) is 0 Å². The van der Waals surface area contributed by atoms with Gasteiger partial charge >= 0.3 is 0 Å². The van der Waals surface area contributed by atoms with Crippen molar-refractivity contribution in [3.63, 3.8) is 0 Å². The van der Waals surface area contributed by atoms with Crippen LogP contribution in [0.2, 0.25) is 5.15 Å². The predicted molar refractivity (Wildman–Crippen MR) is 55.1 cm³/mol. The summed E-state index contributed by atoms with van der Waals surface area (Å²) in [6.07, 6.45) is -0.784. The van der Waals surface area contributed by atoms with Crippen LogP contribution in [0, 0.1) is 6.92 Å². The fourth-order valence-corrected chi connectivity index (χ4v) is 1.52. The minimum Gasteiger partial charge on any atom is -0.387 e. The summed E-state index contributed by atoms with van der Waals surface area (Å²) >= 11 is 5.85. The Balaban J connectivity index is 3.07. The van der Waals surface area contributed by atoms with Gasteiger partial charge in [-0.3, -0.25) is 0 Å². The molecule has 0 saturated carbocycles. The zero-order chi connectivity index (χ0) is 10.7. The zero-order valence-corrected chi connectivity index (χ0v) is 8.84. The fraction of sp³-hybridized carbons (Fsp3) is 0.500. The maximum absolute atomic E-state index is 9.67. The lowest BCUT2D eigenvalue weighted by molar-refractivity contribution is 0.178. The molecule has 78 valence electrons. The second-order valence-electron chi connectivity index (χ2n) is 2.93. The van der Waals surface area contributed by atoms with Gasteiger partial charge in [-0.15, -0.1) is 0 Å². The first-order chi connectivity index (χ1) is 6.56. The first-order valence-electron chi connectivity index (χ1n) is 4.18. The summed E-state index contributed by atoms with van der Waals surface area (Å²) in [5.74, 6) is 0.721. The van der Waals surface area contributed by atoms with Crippen LogP contribution in [0.3, 0.4) is 0 Å². The number of anilines is 1. The summed E-state index contributed by atoms with van der Waals surface area (Å²) in [6.45, 7) is 2.05. The zero-order valence-electron chi connectivity index (χ0n) is 8.08. The smallest absolute Gasteiger partial charge is 0.140 e. The summed E-state index contributed by atoms with van der Waals surface area (Å²) in [4.78, 5) is 7.86. The van der Waals surface area contributed by atoms with Crippen molar-refractivity contribution in [3.05, 3.63) is 16.5 Å². The highest BCUT2D eigenvalue weighted by Gasteiger charge is 2.17. The molecule has 0 fully saturated rings. The van der Waals surface area contributed by atoms with Gasteiger partial charge in [0.15, 0.2) is 0 Å². The summed E-state index contributed by atoms with van der Waals surface area (Å²) in [5.41, 5.74) is 6.01. The van der Waals surface area contributed by atoms with Crippen molar-refractivity contribution in [1.82, 2.24) is 15.3 Å². The second kappa shape index (κ2) is 4.54. The molecule has 1 heterocycles. The molecule has 0 saturated heterocycles. The third-order valence-corrected chi connectivity index (χ3v) is 2.06. The molecule has 4 N–H and O–H groups in total. The fourth-order valence-electron chi connectivity index (χ4n) is 1.17. The number of nitrogens with one attached hydrogen (secondary N) is 1. The first kappa shape index (κ1) is 11.2. The molecule has 1 unspecified atom stereocenters. The molecule has 1 rings (SSSR count). The third-order valence-electron chi connectivity index (χ3n) is 1.77. The number of aliphatic hydroxyl groups is 1. The van der Waals surface area contributed by atoms with Crippen LogP contribution in [0.4, 0.5) is 5.82 Å². The lowest BCUT2D eigenvalue weighted by Crippen LogP contribution is -2.19. The Morgan fingerprint density at radius 2 is 2.21 bits per heavy atom. The van der Waals surface area contributed by atoms with Crippen molar-refractivity contribution in [2.75, 3.05) is 19.3 Å². The molecular weight excluding hydrogens is 204 g/mol. The molecule has 0 aliphatic rings. The Morgan fingerprint density at radius 1 is 1.57 bits per heavy atom. The Morgan fingerprint density at radius 3 is 2.71 bits per heavy atom. The average Bonchev–Trinajstić information content (AvgIpc) is 2.01. The first-order valence-corrected chi connectivity index (χ1v) is 4.56. The van der Waals surface area contributed by atoms with E-state index in [4.69, 9.17) is 17.3 Å². The molecule has 5 nitrogen and oxygen atoms in total. The van der Waals surface area contributed by atoms with Crippen LogP contribution in [0.25, 0.3) is 0 Å². The second-order valence-corrected chi connectivity index (χ2v) is 3.29. The van der Waals surface area contributed by atoms with E-state index in [-0.39, 0.29) is 11.0 Å². The normalized spacial score (nSPS) is 12.9. The molecule has 1 aromatic heterocycles. The van der Waals surface area contributed by atoms with E-state index in [1.165, 1.54) is 0 Å². The van der Waals surface area contributed by atoms with E-state index >= 15 is 0 Å². The van der Waals surface area contributed by atoms with Gasteiger partial charge in [-0.05, 0) is 14.0 Å². The molecule has 14 heavy (non-hydrogen) atoms. The molecule has 0 radical (unpaired) electrons. The molecule has 1 atom stereocenters. The van der Waals surface area contributed by atoms with Crippen molar-refractivity contribution in [3.8, 4) is 0 Å². The van der Waals surface area contributed by atoms with E-state index < -0.39 is 6.10 Å². The molecular formula is C8H13ClN4O. The van der Waals surface area contributed by atoms with Crippen molar-refractivity contribution in [2.24, 2.45) is 0 Å². The predicted octanol–water partition coefficient (Wildman–Crippen LogP) is 0.273. The van der Waals surface area contributed by atoms with Gasteiger partial charge in [0, 0.05) is 6.54 Å². The van der Waals surface area contributed by atoms with E-state index in [0.717, 1.165) is 0 Å². The Hall–Kier alpha value is -0.910. The summed E-state index contributed by atoms with van der Waals surface area (Å²) in [6, 6.07) is 0. The number of nitrogens with zero attached hydrogens (tertiary/aromatic N) is 2. The van der Waals surface area contributed by atoms with Gasteiger partial charge in [-0.2, -0.15) is 0 Å². The van der Waals surface area contributed by atoms with Crippen LogP contribution in [0.5, 0.6) is 0 Å². The highest BCUT2D eigenvalue weighted by Crippen LogP contribution is 2.25. The topological polar surface area (TPSA) is 84.1 Å². The molecule has 0 aliphatic heterocycles. The Bertz CT molecular complexity index is 308. The lowest BCUT2D eigenvalue weighted by Gasteiger charge is -2.13. The monoisotopic (exact) mass is 216 g/mol. The number of aliphatic hydroxyl groups excluding tert-OH is 1. The number of aryl methyl sites for hydroxylation is 1. The molecule has 0 amide bonds. The third kappa shape index (κ3) is 2.31. The van der Waals surface area contributed by atoms with Crippen LogP contribution < -0.4 is 11.1 Å². The van der Waals surface area contributed by atoms with Crippen molar-refractivity contribution in [1.29, 1.82) is 0 Å². The number of rotatable bonds is 3. The molecule has 0 aliphatic carbocycles. The molecule has 6 heteroatoms. The lowest BCUT2D eigenvalue weighted by atomic mass is 10.2. The average molecular weight is 217 g/mol. The van der Waals surface area contributed by atoms with Gasteiger partial charge in [-0.1, -0.05) is 11.6 Å². The molecule has 0 bridgehead atoms. The van der Waals surface area contributed by atoms with E-state index in [2.05, 4.69) is 15.3 Å². The van der Waals surface area contributed by atoms with Crippen LogP contribution >= 0.6 is 11.6 Å². The summed E-state index contributed by atoms with van der Waals surface area (Å²) in [7, 11) is 1.72. The summed E-state index contributed by atoms with van der Waals surface area (Å²) < 4.78 is 0. The minimum absolute atomic E-state index is 0.206. The quantitative estimate of drug-likeness (QED) is 0.632. The highest BCUT2D eigenvalue weighted by molar-refractivity contribution is 6.30. The van der Waals surface area contributed by atoms with Gasteiger partial charge in [-0.25, -0.2) is 9.97 Å². The number of hydrogen-bond donors (Lipinski definition) is 3. The van der Waals surface area contributed by atoms with E-state index in [1.54, 1.807) is 14.0 Å². The van der Waals surface area contributed by atoms with Gasteiger partial charge in [0.25, 0.3) is 0 Å². The highest BCUT2D eigenvalue weighted by atomic mass is 35.5. The van der Waals surface area contributed by atoms with E-state index in [9.17, 15) is 5.11 Å². The van der Waals surface area contributed by atoms with Crippen LogP contribution in [-0.2, 0) is 0 Å². The van der Waals surface area contributed by atoms with Crippen molar-refractivity contribution >= 4 is 17.4 Å². The van der Waals surface area contributed by atoms with Crippen molar-refractivity contribution < 1.29 is 5.11 Å². The minimum atomic E-state index is -0.784. The number of nitrogens with two attached hydrogens (primary N) is 1. The maximum Gasteiger partial charge on any atom is 0.140 e. The van der Waals surface area contributed by atoms with E-state index in [0.29, 0.717) is 17.9 Å². The van der Waals surface area contributed by atoms with Crippen LogP contribution in [0.1, 0.15) is 17.5 Å². The number of likely N-dealkylation sites (N-methyl/N-ethyl adjacent to an activating group) is 1. The molecule has 0 aromatic carbocycles. The number of nitrogen functional groups attached to an aromatic ring is 1.